The number of aryl methyl sites for hydroxylation is 2. The van der Waals surface area contributed by atoms with E-state index in [2.05, 4.69) is 97.2 Å². The zero-order chi connectivity index (χ0) is 57.7. The van der Waals surface area contributed by atoms with Crippen molar-refractivity contribution in [2.75, 3.05) is 6.61 Å². The number of unbranched alkanes of at least 4 members (excludes halogenated alkanes) is 2. The fraction of sp³-hybridized carbons (Fsp3) is 0.200. The number of nitrogens with zero attached hydrogens (tertiary/aromatic N) is 11. The van der Waals surface area contributed by atoms with E-state index in [1.807, 2.05) is 155 Å². The van der Waals surface area contributed by atoms with Crippen LogP contribution in [0.5, 0.6) is 0 Å². The minimum absolute atomic E-state index is 0.0118. The zero-order valence-corrected chi connectivity index (χ0v) is 47.6. The molecule has 0 unspecified atom stereocenters. The summed E-state index contributed by atoms with van der Waals surface area (Å²) in [6, 6.07) is 63.3. The fourth-order valence-electron chi connectivity index (χ4n) is 10.5. The number of carbonyl (C=O) groups is 2. The number of hydrogen-bond donors (Lipinski definition) is 2. The molecule has 11 aromatic rings. The molecule has 7 aromatic carbocycles. The van der Waals surface area contributed by atoms with Gasteiger partial charge in [0.25, 0.3) is 0 Å². The van der Waals surface area contributed by atoms with Gasteiger partial charge in [-0.15, -0.1) is 15.3 Å². The molecule has 0 amide bonds. The van der Waals surface area contributed by atoms with E-state index in [0.29, 0.717) is 42.7 Å². The number of carboxylic acids is 1. The maximum absolute atomic E-state index is 12.6. The Kier molecular flexibility index (Phi) is 18.1. The summed E-state index contributed by atoms with van der Waals surface area (Å²) in [6.45, 7) is 7.07. The lowest BCUT2D eigenvalue weighted by Crippen LogP contribution is -2.39. The minimum Gasteiger partial charge on any atom is -0.476 e. The second kappa shape index (κ2) is 26.5. The number of hydrogen-bond acceptors (Lipinski definition) is 11. The molecule has 16 nitrogen and oxygen atoms in total. The van der Waals surface area contributed by atoms with Crippen LogP contribution in [0.1, 0.15) is 107 Å². The van der Waals surface area contributed by atoms with E-state index in [1.54, 1.807) is 11.5 Å². The van der Waals surface area contributed by atoms with E-state index < -0.39 is 17.5 Å². The molecule has 0 aliphatic rings. The summed E-state index contributed by atoms with van der Waals surface area (Å²) in [4.78, 5) is 33.5. The zero-order valence-electron chi connectivity index (χ0n) is 46.1. The van der Waals surface area contributed by atoms with Crippen LogP contribution in [-0.4, -0.2) is 83.6 Å². The summed E-state index contributed by atoms with van der Waals surface area (Å²) >= 11 is 12.6. The van der Waals surface area contributed by atoms with Crippen LogP contribution in [0.4, 0.5) is 0 Å². The van der Waals surface area contributed by atoms with Crippen LogP contribution in [0, 0.1) is 0 Å². The topological polar surface area (TPSA) is 197 Å². The number of halogens is 2. The smallest absolute Gasteiger partial charge is 0.358 e. The highest BCUT2D eigenvalue weighted by Crippen LogP contribution is 2.43. The standard InChI is InChI=1S/C41H35ClN6O2.C24H25ClN6O2/c1-2-3-23-36-43-38(42)37(40(49)50)47(36)28-29-24-26-30(27-25-29)34-21-13-14-22-35(34)39-44-45-46-48(39)41(31-15-7-4-8-16-31,32-17-9-5-10-18-32)33-19-11-6-12-20-33;1-3-5-10-20-26-22(25)21(24(32)33-4-2)31(20)15-16-11-13-17(14-12-16)18-8-6-7-9-19(18)23-27-29-30-28-23/h4-22,24-27H,2-3,23,28H2,1H3,(H,49,50);6-9,11-14H,3-5,10,15H2,1-2H3,(H,27,28,29,30). The van der Waals surface area contributed by atoms with Gasteiger partial charge in [0, 0.05) is 37.1 Å². The van der Waals surface area contributed by atoms with Gasteiger partial charge in [0.1, 0.15) is 17.2 Å². The molecule has 0 aliphatic heterocycles. The lowest BCUT2D eigenvalue weighted by Gasteiger charge is -2.36. The molecule has 4 aromatic heterocycles. The molecular formula is C65H60Cl2N12O4. The number of esters is 1. The maximum Gasteiger partial charge on any atom is 0.358 e. The maximum atomic E-state index is 12.6. The molecule has 0 fully saturated rings. The van der Waals surface area contributed by atoms with Gasteiger partial charge in [-0.1, -0.05) is 238 Å². The second-order valence-corrected chi connectivity index (χ2v) is 20.4. The van der Waals surface area contributed by atoms with Crippen LogP contribution in [0.15, 0.2) is 188 Å². The van der Waals surface area contributed by atoms with Crippen molar-refractivity contribution in [1.82, 2.24) is 59.9 Å². The van der Waals surface area contributed by atoms with Crippen LogP contribution < -0.4 is 0 Å². The Bertz CT molecular complexity index is 3830. The van der Waals surface area contributed by atoms with Gasteiger partial charge in [-0.25, -0.2) is 24.2 Å². The number of nitrogens with one attached hydrogen (secondary N) is 1. The van der Waals surface area contributed by atoms with Crippen LogP contribution in [0.25, 0.3) is 45.0 Å². The van der Waals surface area contributed by atoms with Crippen molar-refractivity contribution in [3.63, 3.8) is 0 Å². The summed E-state index contributed by atoms with van der Waals surface area (Å²) in [5, 5.41) is 38.2. The Morgan fingerprint density at radius 1 is 0.554 bits per heavy atom. The first-order valence-electron chi connectivity index (χ1n) is 27.6. The van der Waals surface area contributed by atoms with Gasteiger partial charge in [-0.05, 0) is 85.5 Å². The van der Waals surface area contributed by atoms with Gasteiger partial charge in [-0.2, -0.15) is 5.21 Å². The number of carboxylic acid groups (broad SMARTS) is 1. The number of tetrazole rings is 2. The first-order valence-corrected chi connectivity index (χ1v) is 28.4. The van der Waals surface area contributed by atoms with Gasteiger partial charge >= 0.3 is 11.9 Å². The van der Waals surface area contributed by atoms with Gasteiger partial charge in [0.05, 0.1) is 6.61 Å². The van der Waals surface area contributed by atoms with Crippen molar-refractivity contribution in [3.8, 4) is 45.0 Å². The molecule has 0 aliphatic carbocycles. The molecule has 4 heterocycles. The summed E-state index contributed by atoms with van der Waals surface area (Å²) in [6.07, 6.45) is 5.23. The largest absolute Gasteiger partial charge is 0.476 e. The van der Waals surface area contributed by atoms with Gasteiger partial charge in [0.15, 0.2) is 27.5 Å². The molecule has 0 spiro atoms. The van der Waals surface area contributed by atoms with Crippen molar-refractivity contribution in [3.05, 3.63) is 249 Å². The molecule has 0 atom stereocenters. The normalized spacial score (nSPS) is 11.3. The summed E-state index contributed by atoms with van der Waals surface area (Å²) in [7, 11) is 0. The Hall–Kier alpha value is -9.38. The number of benzene rings is 7. The van der Waals surface area contributed by atoms with Crippen molar-refractivity contribution in [1.29, 1.82) is 0 Å². The third-order valence-corrected chi connectivity index (χ3v) is 15.0. The van der Waals surface area contributed by atoms with Crippen molar-refractivity contribution in [2.24, 2.45) is 0 Å². The second-order valence-electron chi connectivity index (χ2n) is 19.7. The van der Waals surface area contributed by atoms with Gasteiger partial charge in [0.2, 0.25) is 5.82 Å². The predicted octanol–water partition coefficient (Wildman–Crippen LogP) is 13.7. The molecule has 0 radical (unpaired) electrons. The number of ether oxygens (including phenoxy) is 1. The molecule has 0 saturated heterocycles. The first kappa shape index (κ1) is 56.9. The monoisotopic (exact) mass is 1140 g/mol. The number of aromatic nitrogens is 12. The Morgan fingerprint density at radius 2 is 1.00 bits per heavy atom. The molecule has 0 saturated carbocycles. The first-order chi connectivity index (χ1) is 40.6. The molecular weight excluding hydrogens is 1080 g/mol. The van der Waals surface area contributed by atoms with E-state index in [4.69, 9.17) is 33.2 Å². The van der Waals surface area contributed by atoms with Gasteiger partial charge < -0.3 is 19.0 Å². The summed E-state index contributed by atoms with van der Waals surface area (Å²) in [5.41, 5.74) is 10.2. The lowest BCUT2D eigenvalue weighted by molar-refractivity contribution is 0.0513. The van der Waals surface area contributed by atoms with Crippen LogP contribution in [-0.2, 0) is 36.2 Å². The van der Waals surface area contributed by atoms with E-state index in [0.717, 1.165) is 99.1 Å². The number of imidazole rings is 2. The van der Waals surface area contributed by atoms with E-state index in [1.165, 1.54) is 0 Å². The number of rotatable bonds is 21. The average molecular weight is 1140 g/mol. The highest BCUT2D eigenvalue weighted by atomic mass is 35.5. The molecule has 18 heteroatoms. The van der Waals surface area contributed by atoms with Gasteiger partial charge in [-0.3, -0.25) is 0 Å². The summed E-state index contributed by atoms with van der Waals surface area (Å²) < 4.78 is 10.8. The molecule has 418 valence electrons. The number of H-pyrrole nitrogens is 1. The number of carbonyl (C=O) groups excluding carboxylic acids is 1. The van der Waals surface area contributed by atoms with E-state index in [-0.39, 0.29) is 22.6 Å². The molecule has 11 rings (SSSR count). The number of aromatic amines is 1. The Balaban J connectivity index is 0.000000202. The van der Waals surface area contributed by atoms with E-state index in [9.17, 15) is 14.7 Å². The fourth-order valence-corrected chi connectivity index (χ4v) is 11.0. The number of aromatic carboxylic acids is 1. The van der Waals surface area contributed by atoms with Crippen LogP contribution >= 0.6 is 23.2 Å². The highest BCUT2D eigenvalue weighted by molar-refractivity contribution is 6.32. The third-order valence-electron chi connectivity index (χ3n) is 14.4. The van der Waals surface area contributed by atoms with E-state index >= 15 is 0 Å². The quantitative estimate of drug-likeness (QED) is 0.0511. The minimum atomic E-state index is -1.09. The predicted molar refractivity (Wildman–Crippen MR) is 321 cm³/mol. The molecule has 0 bridgehead atoms. The van der Waals surface area contributed by atoms with Crippen LogP contribution in [0.3, 0.4) is 0 Å². The molecule has 2 N–H and O–H groups in total. The Morgan fingerprint density at radius 3 is 1.46 bits per heavy atom. The van der Waals surface area contributed by atoms with Crippen molar-refractivity contribution < 1.29 is 19.4 Å². The third kappa shape index (κ3) is 12.2. The average Bonchev–Trinajstić information content (AvgIpc) is 3.85. The molecule has 83 heavy (non-hydrogen) atoms. The Labute approximate surface area is 490 Å². The van der Waals surface area contributed by atoms with Crippen LogP contribution in [0.2, 0.25) is 10.3 Å². The highest BCUT2D eigenvalue weighted by Gasteiger charge is 2.42. The lowest BCUT2D eigenvalue weighted by atomic mass is 9.77. The SMILES string of the molecule is CCCCc1nc(Cl)c(C(=O)O)n1Cc1ccc(-c2ccccc2-c2nnnn2C(c2ccccc2)(c2ccccc2)c2ccccc2)cc1.CCCCc1nc(Cl)c(C(=O)OCC)n1Cc1ccc(-c2ccccc2-c2nn[nH]n2)cc1. The van der Waals surface area contributed by atoms with Crippen molar-refractivity contribution in [2.45, 2.75) is 77.9 Å². The van der Waals surface area contributed by atoms with Crippen molar-refractivity contribution >= 4 is 35.1 Å². The summed E-state index contributed by atoms with van der Waals surface area (Å²) in [5.74, 6) is 1.07.